The number of sulfone groups is 1. The van der Waals surface area contributed by atoms with Crippen molar-refractivity contribution in [3.8, 4) is 0 Å². The molecule has 0 bridgehead atoms. The molecule has 2 fully saturated rings. The maximum Gasteiger partial charge on any atom is 0.155 e. The van der Waals surface area contributed by atoms with Crippen LogP contribution in [-0.2, 0) is 9.84 Å². The van der Waals surface area contributed by atoms with Gasteiger partial charge in [0.15, 0.2) is 9.84 Å². The van der Waals surface area contributed by atoms with Gasteiger partial charge >= 0.3 is 0 Å². The average Bonchev–Trinajstić information content (AvgIpc) is 2.83. The highest BCUT2D eigenvalue weighted by Crippen LogP contribution is 2.61. The molecule has 0 aromatic heterocycles. The summed E-state index contributed by atoms with van der Waals surface area (Å²) in [5.41, 5.74) is -0.0914. The fourth-order valence-corrected chi connectivity index (χ4v) is 4.39. The van der Waals surface area contributed by atoms with Gasteiger partial charge in [0.2, 0.25) is 0 Å². The Balaban J connectivity index is 1.98. The summed E-state index contributed by atoms with van der Waals surface area (Å²) in [5.74, 6) is 1.77. The summed E-state index contributed by atoms with van der Waals surface area (Å²) < 4.78 is 23.5. The van der Waals surface area contributed by atoms with Crippen LogP contribution in [0.4, 0.5) is 0 Å². The van der Waals surface area contributed by atoms with Crippen molar-refractivity contribution < 1.29 is 13.5 Å². The number of aliphatic hydroxyl groups is 1. The van der Waals surface area contributed by atoms with Crippen LogP contribution in [-0.4, -0.2) is 30.6 Å². The maximum atomic E-state index is 12.1. The van der Waals surface area contributed by atoms with Gasteiger partial charge in [-0.15, -0.1) is 0 Å². The molecule has 100 valence electrons. The molecule has 0 amide bonds. The predicted octanol–water partition coefficient (Wildman–Crippen LogP) is 2.00. The van der Waals surface area contributed by atoms with Crippen molar-refractivity contribution in [2.75, 3.05) is 12.4 Å². The van der Waals surface area contributed by atoms with E-state index in [2.05, 4.69) is 0 Å². The molecule has 0 heterocycles. The zero-order valence-electron chi connectivity index (χ0n) is 11.1. The standard InChI is InChI=1S/C13H24O3S/c1-12(2,3)17(15,16)5-4-13(9-14)7-10-6-11(10)8-13/h10-11,14H,4-9H2,1-3H3. The van der Waals surface area contributed by atoms with Gasteiger partial charge in [-0.2, -0.15) is 0 Å². The SMILES string of the molecule is CC(C)(C)S(=O)(=O)CCC1(CO)CC2CC2C1. The molecule has 2 rings (SSSR count). The monoisotopic (exact) mass is 260 g/mol. The molecular weight excluding hydrogens is 236 g/mol. The molecule has 0 aromatic rings. The minimum atomic E-state index is -3.05. The molecule has 2 saturated carbocycles. The van der Waals surface area contributed by atoms with Gasteiger partial charge in [-0.05, 0) is 63.7 Å². The van der Waals surface area contributed by atoms with Gasteiger partial charge in [0, 0.05) is 6.61 Å². The summed E-state index contributed by atoms with van der Waals surface area (Å²) in [4.78, 5) is 0. The lowest BCUT2D eigenvalue weighted by Gasteiger charge is -2.30. The van der Waals surface area contributed by atoms with E-state index in [1.807, 2.05) is 0 Å². The first-order valence-electron chi connectivity index (χ1n) is 6.52. The van der Waals surface area contributed by atoms with Gasteiger partial charge in [0.25, 0.3) is 0 Å². The minimum absolute atomic E-state index is 0.0914. The molecule has 2 atom stereocenters. The van der Waals surface area contributed by atoms with Crippen molar-refractivity contribution in [1.82, 2.24) is 0 Å². The van der Waals surface area contributed by atoms with Crippen LogP contribution in [0.1, 0.15) is 46.5 Å². The van der Waals surface area contributed by atoms with Gasteiger partial charge in [-0.1, -0.05) is 0 Å². The number of hydrogen-bond acceptors (Lipinski definition) is 3. The zero-order valence-corrected chi connectivity index (χ0v) is 11.9. The lowest BCUT2D eigenvalue weighted by Crippen LogP contribution is -2.34. The molecule has 1 N–H and O–H groups in total. The van der Waals surface area contributed by atoms with Crippen LogP contribution in [0.25, 0.3) is 0 Å². The van der Waals surface area contributed by atoms with Gasteiger partial charge in [-0.3, -0.25) is 0 Å². The summed E-state index contributed by atoms with van der Waals surface area (Å²) in [5, 5.41) is 9.56. The Hall–Kier alpha value is -0.0900. The fraction of sp³-hybridized carbons (Fsp3) is 1.00. The summed E-state index contributed by atoms with van der Waals surface area (Å²) in [6.45, 7) is 5.40. The molecule has 0 spiro atoms. The Morgan fingerprint density at radius 1 is 1.24 bits per heavy atom. The third-order valence-electron chi connectivity index (χ3n) is 4.63. The Bertz CT molecular complexity index is 381. The number of hydrogen-bond donors (Lipinski definition) is 1. The second-order valence-electron chi connectivity index (χ2n) is 7.00. The van der Waals surface area contributed by atoms with Crippen molar-refractivity contribution in [2.24, 2.45) is 17.3 Å². The predicted molar refractivity (Wildman–Crippen MR) is 68.5 cm³/mol. The lowest BCUT2D eigenvalue weighted by atomic mass is 9.81. The van der Waals surface area contributed by atoms with E-state index in [0.717, 1.165) is 24.7 Å². The smallest absolute Gasteiger partial charge is 0.155 e. The Kier molecular flexibility index (Phi) is 3.10. The van der Waals surface area contributed by atoms with E-state index in [-0.39, 0.29) is 17.8 Å². The third kappa shape index (κ3) is 2.53. The van der Waals surface area contributed by atoms with Crippen molar-refractivity contribution in [3.63, 3.8) is 0 Å². The maximum absolute atomic E-state index is 12.1. The summed E-state index contributed by atoms with van der Waals surface area (Å²) in [7, 11) is -3.05. The molecule has 0 saturated heterocycles. The van der Waals surface area contributed by atoms with Crippen LogP contribution in [0, 0.1) is 17.3 Å². The summed E-state index contributed by atoms with van der Waals surface area (Å²) in [6.07, 6.45) is 4.01. The van der Waals surface area contributed by atoms with Crippen LogP contribution >= 0.6 is 0 Å². The normalized spacial score (nSPS) is 36.9. The van der Waals surface area contributed by atoms with Crippen LogP contribution in [0.5, 0.6) is 0 Å². The first-order chi connectivity index (χ1) is 7.69. The lowest BCUT2D eigenvalue weighted by molar-refractivity contribution is 0.113. The Labute approximate surface area is 105 Å². The molecule has 0 aromatic carbocycles. The Morgan fingerprint density at radius 2 is 1.76 bits per heavy atom. The highest BCUT2D eigenvalue weighted by Gasteiger charge is 2.53. The Morgan fingerprint density at radius 3 is 2.18 bits per heavy atom. The molecule has 2 aliphatic carbocycles. The zero-order chi connectivity index (χ0) is 12.9. The number of fused-ring (bicyclic) bond motifs is 1. The minimum Gasteiger partial charge on any atom is -0.396 e. The van der Waals surface area contributed by atoms with Crippen molar-refractivity contribution in [1.29, 1.82) is 0 Å². The van der Waals surface area contributed by atoms with Crippen molar-refractivity contribution in [3.05, 3.63) is 0 Å². The van der Waals surface area contributed by atoms with E-state index in [0.29, 0.717) is 6.42 Å². The van der Waals surface area contributed by atoms with Gasteiger partial charge in [0.1, 0.15) is 0 Å². The third-order valence-corrected chi connectivity index (χ3v) is 7.24. The van der Waals surface area contributed by atoms with Crippen LogP contribution in [0.15, 0.2) is 0 Å². The number of aliphatic hydroxyl groups excluding tert-OH is 1. The molecule has 4 heteroatoms. The van der Waals surface area contributed by atoms with Crippen LogP contribution in [0.3, 0.4) is 0 Å². The second kappa shape index (κ2) is 3.95. The highest BCUT2D eigenvalue weighted by atomic mass is 32.2. The van der Waals surface area contributed by atoms with Crippen molar-refractivity contribution >= 4 is 9.84 Å². The van der Waals surface area contributed by atoms with E-state index < -0.39 is 14.6 Å². The van der Waals surface area contributed by atoms with E-state index >= 15 is 0 Å². The molecule has 0 aliphatic heterocycles. The quantitative estimate of drug-likeness (QED) is 0.841. The molecule has 2 unspecified atom stereocenters. The van der Waals surface area contributed by atoms with Crippen molar-refractivity contribution in [2.45, 2.75) is 51.2 Å². The van der Waals surface area contributed by atoms with E-state index in [9.17, 15) is 13.5 Å². The second-order valence-corrected chi connectivity index (χ2v) is 9.87. The van der Waals surface area contributed by atoms with Gasteiger partial charge in [-0.25, -0.2) is 8.42 Å². The fourth-order valence-electron chi connectivity index (χ4n) is 3.08. The molecule has 3 nitrogen and oxygen atoms in total. The highest BCUT2D eigenvalue weighted by molar-refractivity contribution is 7.92. The molecule has 0 radical (unpaired) electrons. The number of rotatable bonds is 4. The average molecular weight is 260 g/mol. The molecule has 2 aliphatic rings. The molecular formula is C13H24O3S. The first kappa shape index (κ1) is 13.3. The van der Waals surface area contributed by atoms with Gasteiger partial charge < -0.3 is 5.11 Å². The van der Waals surface area contributed by atoms with E-state index in [4.69, 9.17) is 0 Å². The van der Waals surface area contributed by atoms with E-state index in [1.54, 1.807) is 20.8 Å². The largest absolute Gasteiger partial charge is 0.396 e. The topological polar surface area (TPSA) is 54.4 Å². The summed E-state index contributed by atoms with van der Waals surface area (Å²) in [6, 6.07) is 0. The molecule has 17 heavy (non-hydrogen) atoms. The van der Waals surface area contributed by atoms with Crippen LogP contribution < -0.4 is 0 Å². The van der Waals surface area contributed by atoms with E-state index in [1.165, 1.54) is 6.42 Å². The van der Waals surface area contributed by atoms with Crippen LogP contribution in [0.2, 0.25) is 0 Å². The summed E-state index contributed by atoms with van der Waals surface area (Å²) >= 11 is 0. The van der Waals surface area contributed by atoms with Gasteiger partial charge in [0.05, 0.1) is 10.5 Å². The first-order valence-corrected chi connectivity index (χ1v) is 8.18.